The molecule has 0 aliphatic rings. The molecular weight excluding hydrogens is 161 g/mol. The Bertz CT molecular complexity index is 61.9. The van der Waals surface area contributed by atoms with E-state index < -0.39 is 7.82 Å². The maximum atomic E-state index is 8.88. The molecule has 0 radical (unpaired) electrons. The van der Waals surface area contributed by atoms with Crippen LogP contribution in [0.3, 0.4) is 0 Å². The van der Waals surface area contributed by atoms with E-state index in [2.05, 4.69) is 0 Å². The summed E-state index contributed by atoms with van der Waals surface area (Å²) >= 11 is 0. The Kier molecular flexibility index (Phi) is 42.4. The molecule has 60 valence electrons. The molecule has 0 aromatic rings. The molecule has 0 unspecified atom stereocenters. The second-order valence-electron chi connectivity index (χ2n) is 0.513. The first-order valence-corrected chi connectivity index (χ1v) is 2.35. The molecule has 0 aromatic carbocycles. The van der Waals surface area contributed by atoms with Crippen molar-refractivity contribution in [3.63, 3.8) is 0 Å². The summed E-state index contributed by atoms with van der Waals surface area (Å²) < 4.78 is 8.88. The fourth-order valence-corrected chi connectivity index (χ4v) is 0. The van der Waals surface area contributed by atoms with Gasteiger partial charge in [-0.05, 0) is 0 Å². The Morgan fingerprint density at radius 2 is 0.889 bits per heavy atom. The number of rotatable bonds is 0. The molecule has 0 aromatic heterocycles. The first kappa shape index (κ1) is 33.1. The molecule has 0 rings (SSSR count). The summed E-state index contributed by atoms with van der Waals surface area (Å²) in [5.41, 5.74) is 0. The first-order valence-electron chi connectivity index (χ1n) is 0.783. The Labute approximate surface area is 69.0 Å². The zero-order valence-electron chi connectivity index (χ0n) is 4.32. The van der Waals surface area contributed by atoms with Gasteiger partial charge in [-0.2, -0.15) is 0 Å². The van der Waals surface area contributed by atoms with Gasteiger partial charge in [0.2, 0.25) is 0 Å². The third kappa shape index (κ3) is 699. The van der Waals surface area contributed by atoms with Gasteiger partial charge in [0.05, 0.1) is 0 Å². The van der Waals surface area contributed by atoms with Crippen LogP contribution in [-0.2, 0) is 4.57 Å². The molecule has 0 amide bonds. The zero-order chi connectivity index (χ0) is 4.50. The van der Waals surface area contributed by atoms with Crippen LogP contribution in [0.2, 0.25) is 0 Å². The zero-order valence-corrected chi connectivity index (χ0v) is 5.21. The van der Waals surface area contributed by atoms with Gasteiger partial charge in [-0.3, -0.25) is 0 Å². The van der Waals surface area contributed by atoms with Crippen molar-refractivity contribution in [2.75, 3.05) is 0 Å². The summed E-state index contributed by atoms with van der Waals surface area (Å²) in [5.74, 6) is 0. The number of phosphoric acid groups is 1. The monoisotopic (exact) mass is 175 g/mol. The third-order valence-electron chi connectivity index (χ3n) is 0. The van der Waals surface area contributed by atoms with Gasteiger partial charge < -0.3 is 33.1 Å². The molecule has 0 atom stereocenters. The first-order chi connectivity index (χ1) is 2.00. The Balaban J connectivity index is -0.0000000133. The van der Waals surface area contributed by atoms with E-state index in [1.165, 1.54) is 0 Å². The molecule has 0 bridgehead atoms. The molecule has 0 aliphatic carbocycles. The summed E-state index contributed by atoms with van der Waals surface area (Å²) in [7, 11) is -4.64. The minimum Gasteiger partial charge on any atom is -0.344 e. The van der Waals surface area contributed by atoms with Gasteiger partial charge in [-0.25, -0.2) is 4.57 Å². The highest BCUT2D eigenvalue weighted by molar-refractivity contribution is 7.45. The highest BCUT2D eigenvalue weighted by atomic mass is 31.2. The predicted octanol–water partition coefficient (Wildman–Crippen LogP) is -1.36. The maximum absolute atomic E-state index is 8.88. The normalized spacial score (nSPS) is 6.56. The molecule has 0 aliphatic heterocycles. The molecular formula is H14MgN3O4P. The Hall–Kier alpha value is 0.756. The second-order valence-corrected chi connectivity index (χ2v) is 1.54. The van der Waals surface area contributed by atoms with E-state index >= 15 is 0 Å². The van der Waals surface area contributed by atoms with Crippen LogP contribution in [0.5, 0.6) is 0 Å². The molecule has 0 spiro atoms. The summed E-state index contributed by atoms with van der Waals surface area (Å²) in [6, 6.07) is 0. The topological polar surface area (TPSA) is 183 Å². The summed E-state index contributed by atoms with van der Waals surface area (Å²) in [6.45, 7) is 0. The van der Waals surface area contributed by atoms with Gasteiger partial charge in [0.15, 0.2) is 0 Å². The standard InChI is InChI=1S/Mg.3H3N.H3O4P.2H/c;;;;1-5(2,3)4;;/h;3*1H3;(H3,1,2,3,4);;. The van der Waals surface area contributed by atoms with E-state index in [4.69, 9.17) is 19.2 Å². The van der Waals surface area contributed by atoms with Crippen molar-refractivity contribution in [2.24, 2.45) is 0 Å². The number of hydrogen-bond donors (Lipinski definition) is 6. The van der Waals surface area contributed by atoms with Gasteiger partial charge in [-0.1, -0.05) is 0 Å². The highest BCUT2D eigenvalue weighted by Gasteiger charge is 2.00. The third-order valence-corrected chi connectivity index (χ3v) is 0. The van der Waals surface area contributed by atoms with E-state index in [0.29, 0.717) is 0 Å². The largest absolute Gasteiger partial charge is 0.466 e. The predicted molar refractivity (Wildman–Crippen MR) is 37.9 cm³/mol. The molecule has 0 heterocycles. The van der Waals surface area contributed by atoms with Crippen molar-refractivity contribution < 1.29 is 19.2 Å². The fraction of sp³-hybridized carbons (Fsp3) is 0. The van der Waals surface area contributed by atoms with Crippen molar-refractivity contribution in [3.8, 4) is 0 Å². The van der Waals surface area contributed by atoms with Crippen LogP contribution in [0.25, 0.3) is 0 Å². The summed E-state index contributed by atoms with van der Waals surface area (Å²) in [5, 5.41) is 0. The van der Waals surface area contributed by atoms with E-state index in [0.717, 1.165) is 0 Å². The summed E-state index contributed by atoms with van der Waals surface area (Å²) in [6.07, 6.45) is 0. The van der Waals surface area contributed by atoms with Crippen molar-refractivity contribution in [1.29, 1.82) is 0 Å². The molecule has 0 saturated carbocycles. The van der Waals surface area contributed by atoms with E-state index in [1.54, 1.807) is 0 Å². The Morgan fingerprint density at radius 1 is 0.889 bits per heavy atom. The van der Waals surface area contributed by atoms with Gasteiger partial charge >= 0.3 is 30.9 Å². The van der Waals surface area contributed by atoms with Crippen LogP contribution in [0.15, 0.2) is 0 Å². The fourth-order valence-electron chi connectivity index (χ4n) is 0. The second kappa shape index (κ2) is 11.5. The lowest BCUT2D eigenvalue weighted by Crippen LogP contribution is -1.66. The minimum absolute atomic E-state index is 0. The molecule has 9 heteroatoms. The SMILES string of the molecule is N.N.N.O=P(O)(O)O.[MgH2]. The molecule has 7 nitrogen and oxygen atoms in total. The minimum atomic E-state index is -4.64. The van der Waals surface area contributed by atoms with Crippen molar-refractivity contribution in [1.82, 2.24) is 18.5 Å². The lowest BCUT2D eigenvalue weighted by atomic mass is 14.0. The molecule has 0 fully saturated rings. The van der Waals surface area contributed by atoms with Gasteiger partial charge in [0.25, 0.3) is 0 Å². The maximum Gasteiger partial charge on any atom is 0.466 e. The van der Waals surface area contributed by atoms with E-state index in [9.17, 15) is 0 Å². The van der Waals surface area contributed by atoms with Gasteiger partial charge in [0, 0.05) is 0 Å². The molecule has 12 N–H and O–H groups in total. The van der Waals surface area contributed by atoms with Crippen LogP contribution < -0.4 is 18.5 Å². The average molecular weight is 175 g/mol. The van der Waals surface area contributed by atoms with Crippen LogP contribution in [-0.4, -0.2) is 37.7 Å². The van der Waals surface area contributed by atoms with Crippen molar-refractivity contribution in [2.45, 2.75) is 0 Å². The number of hydrogen-bond acceptors (Lipinski definition) is 4. The summed E-state index contributed by atoms with van der Waals surface area (Å²) in [4.78, 5) is 21.6. The van der Waals surface area contributed by atoms with Gasteiger partial charge in [-0.15, -0.1) is 0 Å². The van der Waals surface area contributed by atoms with Crippen LogP contribution >= 0.6 is 7.82 Å². The van der Waals surface area contributed by atoms with Crippen LogP contribution in [0, 0.1) is 0 Å². The smallest absolute Gasteiger partial charge is 0.344 e. The van der Waals surface area contributed by atoms with Crippen LogP contribution in [0.1, 0.15) is 0 Å². The van der Waals surface area contributed by atoms with Crippen molar-refractivity contribution >= 4 is 30.9 Å². The highest BCUT2D eigenvalue weighted by Crippen LogP contribution is 2.25. The molecule has 0 saturated heterocycles. The lowest BCUT2D eigenvalue weighted by Gasteiger charge is -1.82. The average Bonchev–Trinajstić information content (AvgIpc) is 0.722. The molecule has 9 heavy (non-hydrogen) atoms. The van der Waals surface area contributed by atoms with Gasteiger partial charge in [0.1, 0.15) is 0 Å². The van der Waals surface area contributed by atoms with E-state index in [-0.39, 0.29) is 41.5 Å². The Morgan fingerprint density at radius 3 is 0.889 bits per heavy atom. The van der Waals surface area contributed by atoms with Crippen molar-refractivity contribution in [3.05, 3.63) is 0 Å². The van der Waals surface area contributed by atoms with Crippen LogP contribution in [0.4, 0.5) is 0 Å². The lowest BCUT2D eigenvalue weighted by molar-refractivity contribution is 0.275. The van der Waals surface area contributed by atoms with E-state index in [1.807, 2.05) is 0 Å². The quantitative estimate of drug-likeness (QED) is 0.194.